The monoisotopic (exact) mass is 235 g/mol. The van der Waals surface area contributed by atoms with Gasteiger partial charge in [-0.25, -0.2) is 15.0 Å². The number of rotatable bonds is 1. The van der Waals surface area contributed by atoms with E-state index in [0.29, 0.717) is 5.69 Å². The lowest BCUT2D eigenvalue weighted by atomic mass is 10.2. The van der Waals surface area contributed by atoms with Crippen molar-refractivity contribution in [1.82, 2.24) is 15.4 Å². The molecule has 80 valence electrons. The van der Waals surface area contributed by atoms with E-state index in [1.54, 1.807) is 0 Å². The van der Waals surface area contributed by atoms with Crippen LogP contribution in [0.2, 0.25) is 0 Å². The van der Waals surface area contributed by atoms with Crippen molar-refractivity contribution >= 4 is 22.2 Å². The molecule has 0 unspecified atom stereocenters. The third kappa shape index (κ3) is 1.15. The van der Waals surface area contributed by atoms with Crippen molar-refractivity contribution in [3.05, 3.63) is 38.3 Å². The highest BCUT2D eigenvalue weighted by Crippen LogP contribution is 2.25. The number of nitrogens with one attached hydrogen (secondary N) is 2. The fourth-order valence-electron chi connectivity index (χ4n) is 1.49. The summed E-state index contributed by atoms with van der Waals surface area (Å²) in [6.07, 6.45) is 0. The Hall–Kier alpha value is -2.15. The van der Waals surface area contributed by atoms with Crippen molar-refractivity contribution in [1.29, 1.82) is 0 Å². The average molecular weight is 235 g/mol. The van der Waals surface area contributed by atoms with Gasteiger partial charge in [0.1, 0.15) is 11.1 Å². The van der Waals surface area contributed by atoms with Crippen LogP contribution in [0.3, 0.4) is 0 Å². The van der Waals surface area contributed by atoms with Gasteiger partial charge in [0.05, 0.1) is 4.88 Å². The van der Waals surface area contributed by atoms with Crippen LogP contribution in [0.5, 0.6) is 0 Å². The summed E-state index contributed by atoms with van der Waals surface area (Å²) in [4.78, 5) is 23.6. The maximum atomic E-state index is 11.5. The Morgan fingerprint density at radius 3 is 3.00 bits per heavy atom. The first-order valence-electron chi connectivity index (χ1n) is 4.41. The molecule has 3 heterocycles. The molecule has 6 nitrogen and oxygen atoms in total. The molecule has 0 aliphatic carbocycles. The third-order valence-electron chi connectivity index (χ3n) is 2.19. The van der Waals surface area contributed by atoms with Crippen LogP contribution in [-0.4, -0.2) is 15.4 Å². The van der Waals surface area contributed by atoms with Crippen molar-refractivity contribution in [2.24, 2.45) is 0 Å². The molecule has 0 saturated heterocycles. The first kappa shape index (κ1) is 9.10. The average Bonchev–Trinajstić information content (AvgIpc) is 2.90. The van der Waals surface area contributed by atoms with Crippen LogP contribution in [0.25, 0.3) is 21.5 Å². The van der Waals surface area contributed by atoms with Gasteiger partial charge in [-0.05, 0) is 11.4 Å². The number of hydrogen-bond donors (Lipinski definition) is 2. The molecule has 0 aliphatic rings. The number of hydrogen-bond acceptors (Lipinski definition) is 5. The predicted octanol–water partition coefficient (Wildman–Crippen LogP) is 0.933. The van der Waals surface area contributed by atoms with Crippen LogP contribution in [0, 0.1) is 0 Å². The van der Waals surface area contributed by atoms with Crippen molar-refractivity contribution < 1.29 is 4.52 Å². The van der Waals surface area contributed by atoms with Crippen LogP contribution in [0.15, 0.2) is 31.6 Å². The second kappa shape index (κ2) is 3.17. The molecule has 0 bridgehead atoms. The Morgan fingerprint density at radius 2 is 2.25 bits per heavy atom. The topological polar surface area (TPSA) is 91.8 Å². The van der Waals surface area contributed by atoms with Crippen molar-refractivity contribution in [3.63, 3.8) is 0 Å². The van der Waals surface area contributed by atoms with E-state index < -0.39 is 11.2 Å². The first-order valence-corrected chi connectivity index (χ1v) is 5.29. The summed E-state index contributed by atoms with van der Waals surface area (Å²) in [5.74, 6) is 0. The van der Waals surface area contributed by atoms with Crippen LogP contribution >= 0.6 is 11.3 Å². The highest BCUT2D eigenvalue weighted by Gasteiger charge is 2.15. The van der Waals surface area contributed by atoms with Crippen LogP contribution in [0.4, 0.5) is 0 Å². The molecule has 0 atom stereocenters. The lowest BCUT2D eigenvalue weighted by Crippen LogP contribution is -2.10. The Kier molecular flexibility index (Phi) is 1.80. The minimum atomic E-state index is -0.586. The lowest BCUT2D eigenvalue weighted by Gasteiger charge is -1.94. The number of fused-ring (bicyclic) bond motifs is 1. The Bertz CT molecular complexity index is 750. The summed E-state index contributed by atoms with van der Waals surface area (Å²) >= 11 is 1.43. The van der Waals surface area contributed by atoms with Gasteiger partial charge < -0.3 is 4.52 Å². The molecule has 0 saturated carbocycles. The summed E-state index contributed by atoms with van der Waals surface area (Å²) in [6.45, 7) is 0. The minimum Gasteiger partial charge on any atom is -0.338 e. The highest BCUT2D eigenvalue weighted by atomic mass is 32.1. The van der Waals surface area contributed by atoms with Gasteiger partial charge in [-0.2, -0.15) is 5.10 Å². The maximum Gasteiger partial charge on any atom is 0.367 e. The molecule has 0 amide bonds. The third-order valence-corrected chi connectivity index (χ3v) is 3.06. The Labute approximate surface area is 91.5 Å². The van der Waals surface area contributed by atoms with Gasteiger partial charge in [0.15, 0.2) is 5.52 Å². The predicted molar refractivity (Wildman–Crippen MR) is 58.6 cm³/mol. The summed E-state index contributed by atoms with van der Waals surface area (Å²) in [6, 6.07) is 3.66. The summed E-state index contributed by atoms with van der Waals surface area (Å²) in [5.41, 5.74) is -0.513. The van der Waals surface area contributed by atoms with E-state index in [1.165, 1.54) is 11.3 Å². The zero-order chi connectivity index (χ0) is 11.1. The molecule has 2 N–H and O–H groups in total. The van der Waals surface area contributed by atoms with Crippen LogP contribution in [-0.2, 0) is 0 Å². The van der Waals surface area contributed by atoms with Gasteiger partial charge in [0.25, 0.3) is 5.56 Å². The summed E-state index contributed by atoms with van der Waals surface area (Å²) < 4.78 is 4.60. The summed E-state index contributed by atoms with van der Waals surface area (Å²) in [7, 11) is 0. The molecule has 3 aromatic heterocycles. The van der Waals surface area contributed by atoms with E-state index in [9.17, 15) is 9.59 Å². The Balaban J connectivity index is 2.51. The second-order valence-electron chi connectivity index (χ2n) is 3.12. The highest BCUT2D eigenvalue weighted by molar-refractivity contribution is 7.13. The number of nitrogens with zero attached hydrogens (tertiary/aromatic N) is 1. The van der Waals surface area contributed by atoms with Crippen molar-refractivity contribution in [3.8, 4) is 10.6 Å². The van der Waals surface area contributed by atoms with Gasteiger partial charge in [-0.1, -0.05) is 6.07 Å². The largest absolute Gasteiger partial charge is 0.367 e. The lowest BCUT2D eigenvalue weighted by molar-refractivity contribution is 0.399. The smallest absolute Gasteiger partial charge is 0.338 e. The summed E-state index contributed by atoms with van der Waals surface area (Å²) in [5, 5.41) is 10.5. The van der Waals surface area contributed by atoms with Gasteiger partial charge in [0.2, 0.25) is 0 Å². The first-order chi connectivity index (χ1) is 7.77. The normalized spacial score (nSPS) is 11.0. The Morgan fingerprint density at radius 1 is 1.38 bits per heavy atom. The van der Waals surface area contributed by atoms with Crippen molar-refractivity contribution in [2.45, 2.75) is 0 Å². The zero-order valence-electron chi connectivity index (χ0n) is 7.81. The minimum absolute atomic E-state index is 0.114. The molecule has 3 aromatic rings. The van der Waals surface area contributed by atoms with Gasteiger partial charge in [-0.15, -0.1) is 11.3 Å². The SMILES string of the molecule is O=c1[nH]nc(-c2cccs2)c2c(=O)o[nH]c12. The zero-order valence-corrected chi connectivity index (χ0v) is 8.63. The van der Waals surface area contributed by atoms with Crippen LogP contribution in [0.1, 0.15) is 0 Å². The quantitative estimate of drug-likeness (QED) is 0.656. The van der Waals surface area contributed by atoms with E-state index >= 15 is 0 Å². The van der Waals surface area contributed by atoms with E-state index in [2.05, 4.69) is 19.9 Å². The molecule has 0 fully saturated rings. The van der Waals surface area contributed by atoms with Crippen LogP contribution < -0.4 is 11.2 Å². The molecule has 0 aromatic carbocycles. The molecule has 0 aliphatic heterocycles. The number of aromatic amines is 2. The van der Waals surface area contributed by atoms with E-state index in [4.69, 9.17) is 0 Å². The fourth-order valence-corrected chi connectivity index (χ4v) is 2.21. The molecular formula is C9H5N3O3S. The van der Waals surface area contributed by atoms with Crippen molar-refractivity contribution in [2.75, 3.05) is 0 Å². The molecule has 16 heavy (non-hydrogen) atoms. The maximum absolute atomic E-state index is 11.5. The molecule has 0 spiro atoms. The van der Waals surface area contributed by atoms with E-state index in [-0.39, 0.29) is 10.9 Å². The second-order valence-corrected chi connectivity index (χ2v) is 4.07. The number of thiophene rings is 1. The fraction of sp³-hybridized carbons (Fsp3) is 0. The van der Waals surface area contributed by atoms with Gasteiger partial charge in [0, 0.05) is 0 Å². The van der Waals surface area contributed by atoms with E-state index in [1.807, 2.05) is 17.5 Å². The molecule has 3 rings (SSSR count). The molecule has 7 heteroatoms. The van der Waals surface area contributed by atoms with Gasteiger partial charge >= 0.3 is 5.63 Å². The number of H-pyrrole nitrogens is 2. The standard InChI is InChI=1S/C9H5N3O3S/c13-8-7-5(9(14)15-12-7)6(10-11-8)4-2-1-3-16-4/h1-3,12H,(H,11,13). The van der Waals surface area contributed by atoms with E-state index in [0.717, 1.165) is 4.88 Å². The van der Waals surface area contributed by atoms with Gasteiger partial charge in [-0.3, -0.25) is 4.79 Å². The molecular weight excluding hydrogens is 230 g/mol. The number of aromatic nitrogens is 3. The molecule has 0 radical (unpaired) electrons.